The van der Waals surface area contributed by atoms with Gasteiger partial charge in [-0.15, -0.1) is 0 Å². The Morgan fingerprint density at radius 1 is 0.789 bits per heavy atom. The van der Waals surface area contributed by atoms with Gasteiger partial charge in [-0.05, 0) is 38.5 Å². The van der Waals surface area contributed by atoms with E-state index in [-0.39, 0.29) is 11.1 Å². The topological polar surface area (TPSA) is 94.8 Å². The number of hydrogen-bond acceptors (Lipinski definition) is 4. The van der Waals surface area contributed by atoms with Crippen molar-refractivity contribution >= 4 is 18.7 Å². The highest BCUT2D eigenvalue weighted by Gasteiger charge is 2.48. The van der Waals surface area contributed by atoms with Gasteiger partial charge >= 0.3 is 8.56 Å². The van der Waals surface area contributed by atoms with Gasteiger partial charge in [0.25, 0.3) is 10.1 Å². The molecule has 5 nitrogen and oxygen atoms in total. The molecule has 2 rings (SSSR count). The van der Waals surface area contributed by atoms with Gasteiger partial charge in [0.05, 0.1) is 5.25 Å². The fraction of sp³-hybridized carbons (Fsp3) is 1.00. The lowest BCUT2D eigenvalue weighted by atomic mass is 9.99. The maximum absolute atomic E-state index is 11.1. The first kappa shape index (κ1) is 15.4. The Hall–Kier alpha value is 0.0469. The maximum Gasteiger partial charge on any atom is 0.339 e. The van der Waals surface area contributed by atoms with Gasteiger partial charge in [0.1, 0.15) is 0 Å². The Morgan fingerprint density at radius 2 is 1.26 bits per heavy atom. The van der Waals surface area contributed by atoms with Crippen LogP contribution in [0.25, 0.3) is 0 Å². The van der Waals surface area contributed by atoms with Crippen molar-refractivity contribution in [3.63, 3.8) is 0 Å². The van der Waals surface area contributed by atoms with E-state index in [0.717, 1.165) is 25.7 Å². The van der Waals surface area contributed by atoms with Gasteiger partial charge in [-0.1, -0.05) is 19.3 Å². The standard InChI is InChI=1S/C12H24O5SSi/c13-18(14,15)10-6-8-12(9-7-10)19(16,17)11-4-2-1-3-5-11/h10-12,16-17H,1-9H2,(H,13,14,15). The van der Waals surface area contributed by atoms with E-state index in [1.165, 1.54) is 6.42 Å². The molecule has 0 saturated heterocycles. The molecule has 0 unspecified atom stereocenters. The minimum Gasteiger partial charge on any atom is -0.410 e. The van der Waals surface area contributed by atoms with Gasteiger partial charge < -0.3 is 9.59 Å². The summed E-state index contributed by atoms with van der Waals surface area (Å²) < 4.78 is 31.2. The highest BCUT2D eigenvalue weighted by Crippen LogP contribution is 2.45. The third-order valence-corrected chi connectivity index (χ3v) is 9.77. The van der Waals surface area contributed by atoms with E-state index in [2.05, 4.69) is 0 Å². The molecule has 0 heterocycles. The third-order valence-electron chi connectivity index (χ3n) is 4.90. The molecule has 0 radical (unpaired) electrons. The molecule has 0 atom stereocenters. The smallest absolute Gasteiger partial charge is 0.339 e. The molecule has 0 aromatic rings. The molecule has 3 N–H and O–H groups in total. The van der Waals surface area contributed by atoms with Gasteiger partial charge in [0, 0.05) is 11.1 Å². The Balaban J connectivity index is 1.96. The summed E-state index contributed by atoms with van der Waals surface area (Å²) in [7, 11) is -7.23. The molecule has 0 aromatic heterocycles. The first-order chi connectivity index (χ1) is 8.82. The molecule has 0 aliphatic heterocycles. The van der Waals surface area contributed by atoms with E-state index in [9.17, 15) is 18.0 Å². The van der Waals surface area contributed by atoms with E-state index >= 15 is 0 Å². The van der Waals surface area contributed by atoms with Crippen molar-refractivity contribution in [1.82, 2.24) is 0 Å². The third kappa shape index (κ3) is 3.58. The highest BCUT2D eigenvalue weighted by molar-refractivity contribution is 7.86. The monoisotopic (exact) mass is 308 g/mol. The zero-order chi connectivity index (χ0) is 14.1. The summed E-state index contributed by atoms with van der Waals surface area (Å²) in [6.45, 7) is 0. The first-order valence-corrected chi connectivity index (χ1v) is 10.8. The van der Waals surface area contributed by atoms with Crippen LogP contribution in [0, 0.1) is 0 Å². The Labute approximate surface area is 116 Å². The van der Waals surface area contributed by atoms with Crippen molar-refractivity contribution in [1.29, 1.82) is 0 Å². The summed E-state index contributed by atoms with van der Waals surface area (Å²) >= 11 is 0. The lowest BCUT2D eigenvalue weighted by Crippen LogP contribution is -2.48. The zero-order valence-electron chi connectivity index (χ0n) is 11.2. The minimum atomic E-state index is -3.97. The molecular formula is C12H24O5SSi. The second-order valence-electron chi connectivity index (χ2n) is 6.11. The van der Waals surface area contributed by atoms with E-state index < -0.39 is 23.9 Å². The number of hydrogen-bond donors (Lipinski definition) is 3. The van der Waals surface area contributed by atoms with Crippen molar-refractivity contribution in [2.45, 2.75) is 74.1 Å². The molecule has 0 amide bonds. The van der Waals surface area contributed by atoms with Crippen LogP contribution in [-0.2, 0) is 10.1 Å². The molecule has 0 spiro atoms. The summed E-state index contributed by atoms with van der Waals surface area (Å²) in [6, 6.07) is 0. The van der Waals surface area contributed by atoms with Crippen LogP contribution < -0.4 is 0 Å². The van der Waals surface area contributed by atoms with E-state index in [0.29, 0.717) is 25.7 Å². The summed E-state index contributed by atoms with van der Waals surface area (Å²) in [5, 5.41) is -0.708. The minimum absolute atomic E-state index is 0.0496. The molecule has 2 fully saturated rings. The van der Waals surface area contributed by atoms with Gasteiger partial charge in [-0.2, -0.15) is 8.42 Å². The molecule has 112 valence electrons. The van der Waals surface area contributed by atoms with Crippen molar-refractivity contribution in [2.24, 2.45) is 0 Å². The van der Waals surface area contributed by atoms with Crippen molar-refractivity contribution in [3.05, 3.63) is 0 Å². The van der Waals surface area contributed by atoms with Crippen LogP contribution in [0.2, 0.25) is 11.1 Å². The average Bonchev–Trinajstić information content (AvgIpc) is 2.39. The molecule has 2 aliphatic rings. The number of rotatable bonds is 3. The molecule has 2 aliphatic carbocycles. The summed E-state index contributed by atoms with van der Waals surface area (Å²) in [5.41, 5.74) is -0.0814. The SMILES string of the molecule is O=S(=O)(O)C1CCC([Si](O)(O)C2CCCCC2)CC1. The van der Waals surface area contributed by atoms with Crippen LogP contribution >= 0.6 is 0 Å². The fourth-order valence-electron chi connectivity index (χ4n) is 3.65. The van der Waals surface area contributed by atoms with Crippen molar-refractivity contribution in [2.75, 3.05) is 0 Å². The predicted molar refractivity (Wildman–Crippen MR) is 74.6 cm³/mol. The van der Waals surface area contributed by atoms with Gasteiger partial charge in [0.15, 0.2) is 0 Å². The second kappa shape index (κ2) is 5.81. The molecular weight excluding hydrogens is 284 g/mol. The van der Waals surface area contributed by atoms with Crippen LogP contribution in [0.4, 0.5) is 0 Å². The lowest BCUT2D eigenvalue weighted by Gasteiger charge is -2.39. The van der Waals surface area contributed by atoms with Gasteiger partial charge in [0.2, 0.25) is 0 Å². The van der Waals surface area contributed by atoms with Crippen LogP contribution in [-0.4, -0.2) is 36.4 Å². The first-order valence-electron chi connectivity index (χ1n) is 7.23. The highest BCUT2D eigenvalue weighted by atomic mass is 32.2. The van der Waals surface area contributed by atoms with Crippen molar-refractivity contribution in [3.8, 4) is 0 Å². The lowest BCUT2D eigenvalue weighted by molar-refractivity contribution is 0.271. The molecule has 7 heteroatoms. The zero-order valence-corrected chi connectivity index (χ0v) is 13.0. The van der Waals surface area contributed by atoms with Crippen LogP contribution in [0.1, 0.15) is 57.8 Å². The molecule has 0 aromatic carbocycles. The van der Waals surface area contributed by atoms with E-state index in [1.807, 2.05) is 0 Å². The maximum atomic E-state index is 11.1. The van der Waals surface area contributed by atoms with Gasteiger partial charge in [-0.25, -0.2) is 0 Å². The summed E-state index contributed by atoms with van der Waals surface area (Å²) in [6.07, 6.45) is 6.85. The quantitative estimate of drug-likeness (QED) is 0.547. The van der Waals surface area contributed by atoms with Crippen LogP contribution in [0.3, 0.4) is 0 Å². The van der Waals surface area contributed by atoms with Crippen molar-refractivity contribution < 1.29 is 22.6 Å². The Morgan fingerprint density at radius 3 is 1.74 bits per heavy atom. The normalized spacial score (nSPS) is 31.3. The van der Waals surface area contributed by atoms with Gasteiger partial charge in [-0.3, -0.25) is 4.55 Å². The molecule has 0 bridgehead atoms. The largest absolute Gasteiger partial charge is 0.410 e. The fourth-order valence-corrected chi connectivity index (χ4v) is 7.62. The predicted octanol–water partition coefficient (Wildman–Crippen LogP) is 1.95. The van der Waals surface area contributed by atoms with E-state index in [1.54, 1.807) is 0 Å². The summed E-state index contributed by atoms with van der Waals surface area (Å²) in [4.78, 5) is 21.1. The van der Waals surface area contributed by atoms with E-state index in [4.69, 9.17) is 4.55 Å². The second-order valence-corrected chi connectivity index (χ2v) is 11.0. The average molecular weight is 308 g/mol. The summed E-state index contributed by atoms with van der Waals surface area (Å²) in [5.74, 6) is 0. The molecule has 2 saturated carbocycles. The Bertz CT molecular complexity index is 394. The Kier molecular flexibility index (Phi) is 4.72. The molecule has 19 heavy (non-hydrogen) atoms. The van der Waals surface area contributed by atoms with Crippen LogP contribution in [0.15, 0.2) is 0 Å². The van der Waals surface area contributed by atoms with Crippen LogP contribution in [0.5, 0.6) is 0 Å².